The Kier molecular flexibility index (Phi) is 4.30. The summed E-state index contributed by atoms with van der Waals surface area (Å²) in [5.41, 5.74) is 1.56. The summed E-state index contributed by atoms with van der Waals surface area (Å²) in [5.74, 6) is 0.568. The highest BCUT2D eigenvalue weighted by Gasteiger charge is 2.61. The number of carboxylic acid groups (broad SMARTS) is 1. The van der Waals surface area contributed by atoms with Gasteiger partial charge in [-0.2, -0.15) is 0 Å². The summed E-state index contributed by atoms with van der Waals surface area (Å²) in [6.45, 7) is 6.16. The van der Waals surface area contributed by atoms with Crippen LogP contribution in [0, 0.1) is 28.6 Å². The zero-order chi connectivity index (χ0) is 19.4. The van der Waals surface area contributed by atoms with Crippen molar-refractivity contribution in [1.29, 1.82) is 0 Å². The van der Waals surface area contributed by atoms with Crippen molar-refractivity contribution in [3.05, 3.63) is 23.8 Å². The minimum Gasteiger partial charge on any atom is -0.546 e. The van der Waals surface area contributed by atoms with Crippen LogP contribution in [-0.2, 0) is 9.63 Å². The lowest BCUT2D eigenvalue weighted by Gasteiger charge is -2.58. The van der Waals surface area contributed by atoms with Crippen LogP contribution < -0.4 is 5.11 Å². The largest absolute Gasteiger partial charge is 0.546 e. The molecule has 0 aromatic carbocycles. The van der Waals surface area contributed by atoms with Gasteiger partial charge in [-0.3, -0.25) is 0 Å². The minimum absolute atomic E-state index is 0.0199. The van der Waals surface area contributed by atoms with Crippen LogP contribution in [0.25, 0.3) is 0 Å². The van der Waals surface area contributed by atoms with Crippen LogP contribution in [-0.4, -0.2) is 29.0 Å². The summed E-state index contributed by atoms with van der Waals surface area (Å²) in [6, 6.07) is 0. The van der Waals surface area contributed by atoms with Crippen molar-refractivity contribution in [3.63, 3.8) is 0 Å². The molecule has 1 N–H and O–H groups in total. The topological polar surface area (TPSA) is 82.0 Å². The van der Waals surface area contributed by atoms with Crippen molar-refractivity contribution in [2.75, 3.05) is 6.61 Å². The Balaban J connectivity index is 1.57. The van der Waals surface area contributed by atoms with E-state index in [2.05, 4.69) is 31.2 Å². The summed E-state index contributed by atoms with van der Waals surface area (Å²) in [5, 5.41) is 25.4. The van der Waals surface area contributed by atoms with Gasteiger partial charge in [-0.15, -0.1) is 0 Å². The Morgan fingerprint density at radius 2 is 2.00 bits per heavy atom. The number of rotatable bonds is 3. The molecule has 5 heteroatoms. The molecule has 4 aliphatic rings. The normalized spacial score (nSPS) is 47.0. The van der Waals surface area contributed by atoms with E-state index in [4.69, 9.17) is 4.84 Å². The molecule has 0 aromatic rings. The van der Waals surface area contributed by atoms with E-state index < -0.39 is 18.2 Å². The second-order valence-corrected chi connectivity index (χ2v) is 9.63. The SMILES string of the molecule is C[C@]12C=C/C(=N/OCC(=O)[O-])C=C1CC[C@@H]1[C@H]2CC[C@@]2(C)[C@H]1CC[C@]2(C)O. The maximum absolute atomic E-state index is 11.0. The van der Waals surface area contributed by atoms with Crippen molar-refractivity contribution in [1.82, 2.24) is 0 Å². The maximum Gasteiger partial charge on any atom is 0.156 e. The Morgan fingerprint density at radius 3 is 2.74 bits per heavy atom. The van der Waals surface area contributed by atoms with Crippen molar-refractivity contribution >= 4 is 11.7 Å². The zero-order valence-electron chi connectivity index (χ0n) is 16.5. The van der Waals surface area contributed by atoms with Crippen LogP contribution in [0.1, 0.15) is 59.3 Å². The summed E-state index contributed by atoms with van der Waals surface area (Å²) < 4.78 is 0. The fourth-order valence-corrected chi connectivity index (χ4v) is 6.67. The molecule has 0 saturated heterocycles. The molecule has 3 fully saturated rings. The predicted octanol–water partition coefficient (Wildman–Crippen LogP) is 2.60. The zero-order valence-corrected chi connectivity index (χ0v) is 16.5. The van der Waals surface area contributed by atoms with Crippen LogP contribution >= 0.6 is 0 Å². The Hall–Kier alpha value is -1.62. The fourth-order valence-electron chi connectivity index (χ4n) is 6.67. The molecule has 148 valence electrons. The lowest BCUT2D eigenvalue weighted by atomic mass is 9.47. The van der Waals surface area contributed by atoms with Crippen molar-refractivity contribution in [2.45, 2.75) is 64.9 Å². The number of carboxylic acids is 1. The quantitative estimate of drug-likeness (QED) is 0.772. The number of nitrogens with zero attached hydrogens (tertiary/aromatic N) is 1. The van der Waals surface area contributed by atoms with Crippen LogP contribution in [0.3, 0.4) is 0 Å². The third-order valence-corrected chi connectivity index (χ3v) is 8.48. The van der Waals surface area contributed by atoms with Gasteiger partial charge in [-0.25, -0.2) is 0 Å². The molecule has 0 amide bonds. The van der Waals surface area contributed by atoms with Gasteiger partial charge < -0.3 is 19.8 Å². The molecule has 0 spiro atoms. The molecule has 0 radical (unpaired) electrons. The Bertz CT molecular complexity index is 737. The average Bonchev–Trinajstić information content (AvgIpc) is 2.84. The van der Waals surface area contributed by atoms with Crippen molar-refractivity contribution in [2.24, 2.45) is 33.7 Å². The maximum atomic E-state index is 11.0. The molecule has 0 unspecified atom stereocenters. The predicted molar refractivity (Wildman–Crippen MR) is 101 cm³/mol. The van der Waals surface area contributed by atoms with Crippen LogP contribution in [0.4, 0.5) is 0 Å². The molecule has 0 heterocycles. The molecular weight excluding hydrogens is 342 g/mol. The van der Waals surface area contributed by atoms with Gasteiger partial charge in [0.15, 0.2) is 6.61 Å². The number of allylic oxidation sites excluding steroid dienone is 4. The molecule has 4 rings (SSSR count). The van der Waals surface area contributed by atoms with E-state index in [1.165, 1.54) is 5.57 Å². The first-order chi connectivity index (χ1) is 12.7. The number of carbonyl (C=O) groups is 1. The molecule has 6 atom stereocenters. The van der Waals surface area contributed by atoms with E-state index in [9.17, 15) is 15.0 Å². The highest BCUT2D eigenvalue weighted by molar-refractivity contribution is 6.05. The number of carbonyl (C=O) groups excluding carboxylic acids is 1. The van der Waals surface area contributed by atoms with E-state index in [1.807, 2.05) is 13.0 Å². The molecule has 27 heavy (non-hydrogen) atoms. The van der Waals surface area contributed by atoms with Crippen molar-refractivity contribution in [3.8, 4) is 0 Å². The summed E-state index contributed by atoms with van der Waals surface area (Å²) in [4.78, 5) is 15.3. The standard InChI is InChI=1S/C22H31NO4/c1-20-9-6-15(23-27-13-19(24)25)12-14(20)4-5-16-17(20)7-10-21(2)18(16)8-11-22(21,3)26/h6,9,12,16-18,26H,4-5,7-8,10-11,13H2,1-3H3,(H,24,25)/p-1/b23-15-/t16-,17-,18+,20+,21+,22+/m1/s1. The number of aliphatic hydroxyl groups is 1. The number of hydrogen-bond acceptors (Lipinski definition) is 5. The second-order valence-electron chi connectivity index (χ2n) is 9.63. The smallest absolute Gasteiger partial charge is 0.156 e. The van der Waals surface area contributed by atoms with E-state index in [0.29, 0.717) is 23.5 Å². The molecule has 3 saturated carbocycles. The average molecular weight is 372 g/mol. The first kappa shape index (κ1) is 18.7. The van der Waals surface area contributed by atoms with Gasteiger partial charge >= 0.3 is 0 Å². The molecule has 0 bridgehead atoms. The highest BCUT2D eigenvalue weighted by atomic mass is 16.6. The lowest BCUT2D eigenvalue weighted by molar-refractivity contribution is -0.309. The minimum atomic E-state index is -1.27. The fraction of sp³-hybridized carbons (Fsp3) is 0.727. The van der Waals surface area contributed by atoms with Gasteiger partial charge in [0.2, 0.25) is 0 Å². The molecule has 4 aliphatic carbocycles. The summed E-state index contributed by atoms with van der Waals surface area (Å²) in [7, 11) is 0. The second kappa shape index (κ2) is 6.20. The molecule has 5 nitrogen and oxygen atoms in total. The van der Waals surface area contributed by atoms with Crippen LogP contribution in [0.15, 0.2) is 29.0 Å². The Labute approximate surface area is 161 Å². The van der Waals surface area contributed by atoms with Gasteiger partial charge in [0.1, 0.15) is 5.71 Å². The third kappa shape index (κ3) is 2.77. The Morgan fingerprint density at radius 1 is 1.26 bits per heavy atom. The van der Waals surface area contributed by atoms with Gasteiger partial charge in [-0.1, -0.05) is 30.7 Å². The van der Waals surface area contributed by atoms with E-state index in [0.717, 1.165) is 38.5 Å². The molecular formula is C22H30NO4-. The van der Waals surface area contributed by atoms with Gasteiger partial charge in [0.25, 0.3) is 0 Å². The summed E-state index contributed by atoms with van der Waals surface area (Å²) >= 11 is 0. The monoisotopic (exact) mass is 372 g/mol. The number of fused-ring (bicyclic) bond motifs is 5. The van der Waals surface area contributed by atoms with Gasteiger partial charge in [0, 0.05) is 5.41 Å². The highest BCUT2D eigenvalue weighted by Crippen LogP contribution is 2.66. The van der Waals surface area contributed by atoms with E-state index >= 15 is 0 Å². The number of aliphatic carboxylic acids is 1. The van der Waals surface area contributed by atoms with Gasteiger partial charge in [0.05, 0.1) is 11.6 Å². The first-order valence-corrected chi connectivity index (χ1v) is 10.2. The first-order valence-electron chi connectivity index (χ1n) is 10.2. The van der Waals surface area contributed by atoms with E-state index in [1.54, 1.807) is 0 Å². The summed E-state index contributed by atoms with van der Waals surface area (Å²) in [6.07, 6.45) is 12.7. The number of hydrogen-bond donors (Lipinski definition) is 1. The molecule has 0 aliphatic heterocycles. The van der Waals surface area contributed by atoms with Crippen LogP contribution in [0.5, 0.6) is 0 Å². The van der Waals surface area contributed by atoms with E-state index in [-0.39, 0.29) is 10.8 Å². The van der Waals surface area contributed by atoms with Crippen molar-refractivity contribution < 1.29 is 19.8 Å². The number of oxime groups is 1. The van der Waals surface area contributed by atoms with Crippen LogP contribution in [0.2, 0.25) is 0 Å². The lowest BCUT2D eigenvalue weighted by Crippen LogP contribution is -2.53. The van der Waals surface area contributed by atoms with Gasteiger partial charge in [-0.05, 0) is 80.8 Å². The third-order valence-electron chi connectivity index (χ3n) is 8.48. The molecule has 0 aromatic heterocycles.